The lowest BCUT2D eigenvalue weighted by Gasteiger charge is -2.28. The van der Waals surface area contributed by atoms with Gasteiger partial charge in [0.05, 0.1) is 5.69 Å². The Morgan fingerprint density at radius 2 is 2.08 bits per heavy atom. The molecule has 0 spiro atoms. The van der Waals surface area contributed by atoms with Gasteiger partial charge in [0.2, 0.25) is 0 Å². The van der Waals surface area contributed by atoms with E-state index in [4.69, 9.17) is 9.47 Å². The molecule has 130 valence electrons. The van der Waals surface area contributed by atoms with E-state index in [1.54, 1.807) is 30.3 Å². The number of hydrogen-bond acceptors (Lipinski definition) is 4. The molecule has 0 saturated heterocycles. The number of hydrogen-bond donors (Lipinski definition) is 2. The van der Waals surface area contributed by atoms with Crippen LogP contribution in [-0.2, 0) is 19.9 Å². The molecule has 2 aromatic carbocycles. The Labute approximate surface area is 143 Å². The van der Waals surface area contributed by atoms with Gasteiger partial charge in [-0.15, -0.1) is 0 Å². The summed E-state index contributed by atoms with van der Waals surface area (Å²) in [7, 11) is 1.34. The molecule has 1 aliphatic rings. The fraction of sp³-hybridized carbons (Fsp3) is 0.222. The molecular formula is C18H17FN2O4. The lowest BCUT2D eigenvalue weighted by Crippen LogP contribution is -2.40. The number of fused-ring (bicyclic) bond motifs is 1. The third kappa shape index (κ3) is 3.18. The van der Waals surface area contributed by atoms with Crippen molar-refractivity contribution in [1.82, 2.24) is 0 Å². The van der Waals surface area contributed by atoms with Crippen LogP contribution in [0.15, 0.2) is 42.5 Å². The summed E-state index contributed by atoms with van der Waals surface area (Å²) >= 11 is 0. The fourth-order valence-electron chi connectivity index (χ4n) is 2.58. The van der Waals surface area contributed by atoms with Gasteiger partial charge >= 0.3 is 0 Å². The minimum absolute atomic E-state index is 0.0879. The van der Waals surface area contributed by atoms with E-state index < -0.39 is 17.3 Å². The van der Waals surface area contributed by atoms with E-state index in [1.165, 1.54) is 26.2 Å². The zero-order valence-corrected chi connectivity index (χ0v) is 13.8. The highest BCUT2D eigenvalue weighted by molar-refractivity contribution is 5.99. The highest BCUT2D eigenvalue weighted by Crippen LogP contribution is 2.33. The molecule has 25 heavy (non-hydrogen) atoms. The van der Waals surface area contributed by atoms with Crippen molar-refractivity contribution in [2.45, 2.75) is 12.5 Å². The largest absolute Gasteiger partial charge is 0.482 e. The summed E-state index contributed by atoms with van der Waals surface area (Å²) < 4.78 is 24.8. The maximum absolute atomic E-state index is 14.1. The molecule has 1 unspecified atom stereocenters. The molecule has 7 heteroatoms. The Balaban J connectivity index is 1.86. The molecule has 2 aromatic rings. The quantitative estimate of drug-likeness (QED) is 0.894. The second-order valence-electron chi connectivity index (χ2n) is 5.72. The Hall–Kier alpha value is -2.93. The second kappa shape index (κ2) is 6.52. The first-order valence-corrected chi connectivity index (χ1v) is 7.62. The predicted octanol–water partition coefficient (Wildman–Crippen LogP) is 2.66. The Bertz CT molecular complexity index is 840. The Morgan fingerprint density at radius 3 is 2.80 bits per heavy atom. The van der Waals surface area contributed by atoms with Crippen molar-refractivity contribution in [2.24, 2.45) is 0 Å². The summed E-state index contributed by atoms with van der Waals surface area (Å²) in [5.41, 5.74) is -0.398. The Kier molecular flexibility index (Phi) is 4.41. The van der Waals surface area contributed by atoms with Gasteiger partial charge in [-0.05, 0) is 25.1 Å². The summed E-state index contributed by atoms with van der Waals surface area (Å²) in [5.74, 6) is -0.850. The molecular weight excluding hydrogens is 327 g/mol. The van der Waals surface area contributed by atoms with Crippen molar-refractivity contribution in [1.29, 1.82) is 0 Å². The van der Waals surface area contributed by atoms with Crippen LogP contribution in [0.1, 0.15) is 12.5 Å². The van der Waals surface area contributed by atoms with Crippen molar-refractivity contribution < 1.29 is 23.5 Å². The van der Waals surface area contributed by atoms with Gasteiger partial charge < -0.3 is 20.1 Å². The van der Waals surface area contributed by atoms with Gasteiger partial charge in [0.1, 0.15) is 11.6 Å². The van der Waals surface area contributed by atoms with E-state index in [0.29, 0.717) is 17.1 Å². The third-order valence-electron chi connectivity index (χ3n) is 4.10. The van der Waals surface area contributed by atoms with Crippen LogP contribution in [-0.4, -0.2) is 25.5 Å². The molecule has 0 radical (unpaired) electrons. The number of benzene rings is 2. The number of ether oxygens (including phenoxy) is 2. The monoisotopic (exact) mass is 344 g/mol. The normalized spacial score (nSPS) is 15.4. The van der Waals surface area contributed by atoms with Crippen molar-refractivity contribution in [2.75, 3.05) is 24.4 Å². The standard InChI is InChI=1S/C18H17FN2O4/c1-18(24-2,12-5-3-4-6-13(12)19)17(23)20-11-7-8-14-15(9-11)25-10-16(22)21-14/h3-9H,10H2,1-2H3,(H,20,23)(H,21,22). The van der Waals surface area contributed by atoms with Gasteiger partial charge in [0, 0.05) is 24.4 Å². The zero-order valence-electron chi connectivity index (χ0n) is 13.8. The van der Waals surface area contributed by atoms with Crippen LogP contribution in [0.25, 0.3) is 0 Å². The van der Waals surface area contributed by atoms with Crippen LogP contribution >= 0.6 is 0 Å². The van der Waals surface area contributed by atoms with E-state index in [-0.39, 0.29) is 18.1 Å². The highest BCUT2D eigenvalue weighted by Gasteiger charge is 2.37. The fourth-order valence-corrected chi connectivity index (χ4v) is 2.58. The number of methoxy groups -OCH3 is 1. The molecule has 0 aliphatic carbocycles. The molecule has 1 atom stereocenters. The lowest BCUT2D eigenvalue weighted by molar-refractivity contribution is -0.137. The first-order chi connectivity index (χ1) is 11.9. The molecule has 1 heterocycles. The van der Waals surface area contributed by atoms with Crippen LogP contribution in [0.5, 0.6) is 5.75 Å². The number of nitrogens with one attached hydrogen (secondary N) is 2. The summed E-state index contributed by atoms with van der Waals surface area (Å²) in [4.78, 5) is 24.0. The van der Waals surface area contributed by atoms with Crippen molar-refractivity contribution >= 4 is 23.2 Å². The van der Waals surface area contributed by atoms with Gasteiger partial charge in [-0.2, -0.15) is 0 Å². The average molecular weight is 344 g/mol. The lowest BCUT2D eigenvalue weighted by atomic mass is 9.94. The van der Waals surface area contributed by atoms with Crippen LogP contribution in [0.3, 0.4) is 0 Å². The van der Waals surface area contributed by atoms with Crippen molar-refractivity contribution in [3.05, 3.63) is 53.8 Å². The molecule has 0 saturated carbocycles. The molecule has 3 rings (SSSR count). The van der Waals surface area contributed by atoms with Gasteiger partial charge in [-0.1, -0.05) is 18.2 Å². The molecule has 2 amide bonds. The number of halogens is 1. The second-order valence-corrected chi connectivity index (χ2v) is 5.72. The van der Waals surface area contributed by atoms with Gasteiger partial charge in [-0.25, -0.2) is 4.39 Å². The summed E-state index contributed by atoms with van der Waals surface area (Å²) in [6.07, 6.45) is 0. The number of amides is 2. The number of rotatable bonds is 4. The van der Waals surface area contributed by atoms with E-state index >= 15 is 0 Å². The first kappa shape index (κ1) is 16.9. The van der Waals surface area contributed by atoms with Gasteiger partial charge in [-0.3, -0.25) is 9.59 Å². The summed E-state index contributed by atoms with van der Waals surface area (Å²) in [6, 6.07) is 10.8. The predicted molar refractivity (Wildman–Crippen MR) is 90.0 cm³/mol. The van der Waals surface area contributed by atoms with Crippen LogP contribution < -0.4 is 15.4 Å². The number of carbonyl (C=O) groups excluding carboxylic acids is 2. The van der Waals surface area contributed by atoms with Crippen molar-refractivity contribution in [3.63, 3.8) is 0 Å². The maximum atomic E-state index is 14.1. The number of carbonyl (C=O) groups is 2. The third-order valence-corrected chi connectivity index (χ3v) is 4.10. The summed E-state index contributed by atoms with van der Waals surface area (Å²) in [5, 5.41) is 5.36. The van der Waals surface area contributed by atoms with Crippen LogP contribution in [0, 0.1) is 5.82 Å². The first-order valence-electron chi connectivity index (χ1n) is 7.62. The minimum Gasteiger partial charge on any atom is -0.482 e. The molecule has 0 fully saturated rings. The Morgan fingerprint density at radius 1 is 1.32 bits per heavy atom. The smallest absolute Gasteiger partial charge is 0.262 e. The molecule has 1 aliphatic heterocycles. The zero-order chi connectivity index (χ0) is 18.0. The molecule has 0 aromatic heterocycles. The van der Waals surface area contributed by atoms with E-state index in [2.05, 4.69) is 10.6 Å². The van der Waals surface area contributed by atoms with E-state index in [1.807, 2.05) is 0 Å². The summed E-state index contributed by atoms with van der Waals surface area (Å²) in [6.45, 7) is 1.41. The average Bonchev–Trinajstić information content (AvgIpc) is 2.61. The molecule has 0 bridgehead atoms. The van der Waals surface area contributed by atoms with E-state index in [0.717, 1.165) is 0 Å². The highest BCUT2D eigenvalue weighted by atomic mass is 19.1. The topological polar surface area (TPSA) is 76.7 Å². The van der Waals surface area contributed by atoms with Crippen molar-refractivity contribution in [3.8, 4) is 5.75 Å². The minimum atomic E-state index is -1.50. The number of anilines is 2. The maximum Gasteiger partial charge on any atom is 0.262 e. The van der Waals surface area contributed by atoms with Crippen LogP contribution in [0.2, 0.25) is 0 Å². The van der Waals surface area contributed by atoms with Gasteiger partial charge in [0.25, 0.3) is 11.8 Å². The molecule has 2 N–H and O–H groups in total. The molecule has 6 nitrogen and oxygen atoms in total. The van der Waals surface area contributed by atoms with Crippen LogP contribution in [0.4, 0.5) is 15.8 Å². The SMILES string of the molecule is COC(C)(C(=O)Nc1ccc2c(c1)OCC(=O)N2)c1ccccc1F. The van der Waals surface area contributed by atoms with E-state index in [9.17, 15) is 14.0 Å². The van der Waals surface area contributed by atoms with Gasteiger partial charge in [0.15, 0.2) is 12.2 Å².